The Morgan fingerprint density at radius 3 is 2.76 bits per heavy atom. The Balaban J connectivity index is 2.37. The number of rotatable bonds is 4. The zero-order chi connectivity index (χ0) is 12.5. The average Bonchev–Trinajstić information content (AvgIpc) is 2.71. The maximum Gasteiger partial charge on any atom is 0.304 e. The third-order valence-corrected chi connectivity index (χ3v) is 4.19. The normalized spacial score (nSPS) is 11.8. The third-order valence-electron chi connectivity index (χ3n) is 2.42. The average molecular weight is 254 g/mol. The van der Waals surface area contributed by atoms with Crippen molar-refractivity contribution in [3.05, 3.63) is 30.7 Å². The predicted octanol–water partition coefficient (Wildman–Crippen LogP) is 1.63. The van der Waals surface area contributed by atoms with Crippen LogP contribution in [0, 0.1) is 0 Å². The van der Waals surface area contributed by atoms with Gasteiger partial charge in [0.1, 0.15) is 0 Å². The standard InChI is InChI=1S/C11H10O5S/c12-11(13)4-6-17(14,15)10-2-1-8-7-16-5-3-9(8)10/h1-3,5,7H,4,6H2,(H,12,13). The minimum atomic E-state index is -3.56. The number of hydrogen-bond donors (Lipinski definition) is 1. The van der Waals surface area contributed by atoms with Gasteiger partial charge in [-0.1, -0.05) is 0 Å². The zero-order valence-electron chi connectivity index (χ0n) is 8.79. The Labute approximate surface area is 97.9 Å². The monoisotopic (exact) mass is 254 g/mol. The van der Waals surface area contributed by atoms with Gasteiger partial charge in [0.05, 0.1) is 29.6 Å². The van der Waals surface area contributed by atoms with Gasteiger partial charge in [-0.3, -0.25) is 4.79 Å². The highest BCUT2D eigenvalue weighted by atomic mass is 32.2. The highest BCUT2D eigenvalue weighted by molar-refractivity contribution is 7.91. The van der Waals surface area contributed by atoms with Gasteiger partial charge in [0.15, 0.2) is 9.84 Å². The summed E-state index contributed by atoms with van der Waals surface area (Å²) >= 11 is 0. The fraction of sp³-hybridized carbons (Fsp3) is 0.182. The van der Waals surface area contributed by atoms with E-state index in [0.29, 0.717) is 11.1 Å². The van der Waals surface area contributed by atoms with Gasteiger partial charge in [0.2, 0.25) is 0 Å². The van der Waals surface area contributed by atoms with Gasteiger partial charge >= 0.3 is 5.97 Å². The fourth-order valence-electron chi connectivity index (χ4n) is 1.59. The molecule has 0 saturated carbocycles. The lowest BCUT2D eigenvalue weighted by Gasteiger charge is -2.04. The van der Waals surface area contributed by atoms with Crippen LogP contribution in [0.5, 0.6) is 0 Å². The molecule has 6 heteroatoms. The summed E-state index contributed by atoms with van der Waals surface area (Å²) < 4.78 is 28.8. The summed E-state index contributed by atoms with van der Waals surface area (Å²) in [5, 5.41) is 8.51. The Morgan fingerprint density at radius 2 is 2.06 bits per heavy atom. The minimum absolute atomic E-state index is 0.157. The lowest BCUT2D eigenvalue weighted by Crippen LogP contribution is -2.10. The van der Waals surface area contributed by atoms with E-state index in [1.54, 1.807) is 12.1 Å². The summed E-state index contributed by atoms with van der Waals surface area (Å²) in [4.78, 5) is 10.6. The third kappa shape index (κ3) is 2.31. The van der Waals surface area contributed by atoms with Crippen LogP contribution in [-0.2, 0) is 14.6 Å². The highest BCUT2D eigenvalue weighted by Gasteiger charge is 2.22. The molecule has 1 aliphatic carbocycles. The molecule has 1 N–H and O–H groups in total. The summed E-state index contributed by atoms with van der Waals surface area (Å²) in [6, 6.07) is 4.66. The first-order chi connectivity index (χ1) is 8.00. The smallest absolute Gasteiger partial charge is 0.304 e. The molecule has 0 aromatic carbocycles. The van der Waals surface area contributed by atoms with E-state index in [2.05, 4.69) is 0 Å². The van der Waals surface area contributed by atoms with Crippen molar-refractivity contribution in [1.82, 2.24) is 0 Å². The van der Waals surface area contributed by atoms with Gasteiger partial charge in [-0.05, 0) is 18.2 Å². The second-order valence-corrected chi connectivity index (χ2v) is 5.66. The molecule has 0 atom stereocenters. The summed E-state index contributed by atoms with van der Waals surface area (Å²) in [7, 11) is -3.56. The largest absolute Gasteiger partial charge is 0.481 e. The lowest BCUT2D eigenvalue weighted by molar-refractivity contribution is -0.136. The van der Waals surface area contributed by atoms with E-state index in [0.717, 1.165) is 0 Å². The molecular weight excluding hydrogens is 244 g/mol. The maximum absolute atomic E-state index is 11.9. The number of carbonyl (C=O) groups is 1. The first-order valence-electron chi connectivity index (χ1n) is 4.90. The molecule has 0 unspecified atom stereocenters. The number of aliphatic carboxylic acids is 1. The maximum atomic E-state index is 11.9. The van der Waals surface area contributed by atoms with Crippen molar-refractivity contribution in [3.63, 3.8) is 0 Å². The number of fused-ring (bicyclic) bond motifs is 1. The molecule has 2 rings (SSSR count). The topological polar surface area (TPSA) is 84.6 Å². The molecule has 1 aliphatic heterocycles. The van der Waals surface area contributed by atoms with E-state index < -0.39 is 28.0 Å². The molecule has 0 radical (unpaired) electrons. The summed E-state index contributed by atoms with van der Waals surface area (Å²) in [6.45, 7) is 0. The lowest BCUT2D eigenvalue weighted by atomic mass is 10.2. The van der Waals surface area contributed by atoms with Crippen molar-refractivity contribution in [2.24, 2.45) is 0 Å². The van der Waals surface area contributed by atoms with Gasteiger partial charge in [-0.15, -0.1) is 0 Å². The second-order valence-electron chi connectivity index (χ2n) is 3.59. The van der Waals surface area contributed by atoms with Crippen LogP contribution < -0.4 is 0 Å². The van der Waals surface area contributed by atoms with Gasteiger partial charge in [0, 0.05) is 11.1 Å². The van der Waals surface area contributed by atoms with E-state index in [1.165, 1.54) is 18.6 Å². The van der Waals surface area contributed by atoms with Crippen LogP contribution in [0.4, 0.5) is 0 Å². The van der Waals surface area contributed by atoms with E-state index >= 15 is 0 Å². The van der Waals surface area contributed by atoms with Crippen molar-refractivity contribution >= 4 is 15.8 Å². The molecule has 0 aromatic heterocycles. The number of sulfone groups is 1. The molecule has 0 aromatic rings. The van der Waals surface area contributed by atoms with Gasteiger partial charge in [0.25, 0.3) is 0 Å². The van der Waals surface area contributed by atoms with Gasteiger partial charge < -0.3 is 9.52 Å². The van der Waals surface area contributed by atoms with E-state index in [4.69, 9.17) is 9.52 Å². The Kier molecular flexibility index (Phi) is 2.89. The molecule has 2 aliphatic rings. The van der Waals surface area contributed by atoms with Gasteiger partial charge in [-0.25, -0.2) is 8.42 Å². The summed E-state index contributed by atoms with van der Waals surface area (Å²) in [6.07, 6.45) is 2.44. The van der Waals surface area contributed by atoms with Crippen molar-refractivity contribution in [1.29, 1.82) is 0 Å². The minimum Gasteiger partial charge on any atom is -0.481 e. The van der Waals surface area contributed by atoms with Crippen molar-refractivity contribution < 1.29 is 22.7 Å². The summed E-state index contributed by atoms with van der Waals surface area (Å²) in [5.41, 5.74) is 1.24. The van der Waals surface area contributed by atoms with Crippen LogP contribution in [-0.4, -0.2) is 25.2 Å². The van der Waals surface area contributed by atoms with Crippen LogP contribution in [0.1, 0.15) is 6.42 Å². The van der Waals surface area contributed by atoms with Crippen LogP contribution in [0.2, 0.25) is 0 Å². The van der Waals surface area contributed by atoms with E-state index in [9.17, 15) is 13.2 Å². The second kappa shape index (κ2) is 4.21. The SMILES string of the molecule is O=C(O)CCS(=O)(=O)c1ccc2coccc1-2. The van der Waals surface area contributed by atoms with Crippen molar-refractivity contribution in [2.45, 2.75) is 11.3 Å². The molecule has 17 heavy (non-hydrogen) atoms. The number of carboxylic acids is 1. The highest BCUT2D eigenvalue weighted by Crippen LogP contribution is 2.31. The van der Waals surface area contributed by atoms with Crippen LogP contribution in [0.25, 0.3) is 11.1 Å². The Bertz CT molecular complexity index is 611. The van der Waals surface area contributed by atoms with Crippen LogP contribution in [0.15, 0.2) is 40.0 Å². The van der Waals surface area contributed by atoms with Crippen molar-refractivity contribution in [2.75, 3.05) is 5.75 Å². The number of hydrogen-bond acceptors (Lipinski definition) is 4. The predicted molar refractivity (Wildman–Crippen MR) is 59.6 cm³/mol. The molecule has 0 bridgehead atoms. The van der Waals surface area contributed by atoms with Gasteiger partial charge in [-0.2, -0.15) is 0 Å². The molecule has 5 nitrogen and oxygen atoms in total. The first-order valence-corrected chi connectivity index (χ1v) is 6.55. The van der Waals surface area contributed by atoms with E-state index in [1.807, 2.05) is 0 Å². The Morgan fingerprint density at radius 1 is 1.29 bits per heavy atom. The zero-order valence-corrected chi connectivity index (χ0v) is 9.61. The molecule has 1 heterocycles. The summed E-state index contributed by atoms with van der Waals surface area (Å²) in [5.74, 6) is -1.52. The molecule has 0 saturated heterocycles. The van der Waals surface area contributed by atoms with E-state index in [-0.39, 0.29) is 4.90 Å². The van der Waals surface area contributed by atoms with Crippen molar-refractivity contribution in [3.8, 4) is 11.1 Å². The molecule has 90 valence electrons. The molecule has 0 spiro atoms. The molecular formula is C11H10O5S. The molecule has 0 amide bonds. The fourth-order valence-corrected chi connectivity index (χ4v) is 3.05. The first kappa shape index (κ1) is 11.7. The Hall–Kier alpha value is -1.82. The van der Waals surface area contributed by atoms with Crippen LogP contribution >= 0.6 is 0 Å². The molecule has 0 fully saturated rings. The number of carboxylic acid groups (broad SMARTS) is 1. The quantitative estimate of drug-likeness (QED) is 0.896. The van der Waals surface area contributed by atoms with Crippen LogP contribution in [0.3, 0.4) is 0 Å².